The molecule has 0 fully saturated rings. The van der Waals surface area contributed by atoms with Crippen molar-refractivity contribution in [3.8, 4) is 5.69 Å². The first kappa shape index (κ1) is 22.4. The molecular weight excluding hydrogens is 394 g/mol. The Morgan fingerprint density at radius 3 is 2.81 bits per heavy atom. The van der Waals surface area contributed by atoms with Crippen LogP contribution in [0.1, 0.15) is 53.5 Å². The lowest BCUT2D eigenvalue weighted by atomic mass is 10.0. The van der Waals surface area contributed by atoms with Gasteiger partial charge in [0.15, 0.2) is 5.82 Å². The van der Waals surface area contributed by atoms with E-state index in [4.69, 9.17) is 4.74 Å². The number of aryl methyl sites for hydroxylation is 2. The smallest absolute Gasteiger partial charge is 0.268 e. The van der Waals surface area contributed by atoms with Gasteiger partial charge in [0.1, 0.15) is 11.9 Å². The standard InChI is InChI=1S/C23H29N5O3/c1-16(2)18-7-5-8-19(13-18)28-11-9-17(3)21(23(28)30)22(29)24-14-20-26-25-15-27(20)10-6-12-31-4/h5,7-9,11,13,15-16H,6,10,12,14H2,1-4H3,(H,24,29). The predicted molar refractivity (Wildman–Crippen MR) is 119 cm³/mol. The van der Waals surface area contributed by atoms with Crippen LogP contribution in [0.5, 0.6) is 0 Å². The highest BCUT2D eigenvalue weighted by Gasteiger charge is 2.17. The monoisotopic (exact) mass is 423 g/mol. The van der Waals surface area contributed by atoms with Crippen molar-refractivity contribution >= 4 is 5.91 Å². The summed E-state index contributed by atoms with van der Waals surface area (Å²) in [6.07, 6.45) is 4.15. The van der Waals surface area contributed by atoms with E-state index in [2.05, 4.69) is 29.4 Å². The Hall–Kier alpha value is -3.26. The van der Waals surface area contributed by atoms with E-state index >= 15 is 0 Å². The van der Waals surface area contributed by atoms with Crippen LogP contribution in [0.25, 0.3) is 5.69 Å². The highest BCUT2D eigenvalue weighted by molar-refractivity contribution is 5.95. The number of methoxy groups -OCH3 is 1. The van der Waals surface area contributed by atoms with Gasteiger partial charge in [-0.25, -0.2) is 0 Å². The number of carbonyl (C=O) groups excluding carboxylic acids is 1. The van der Waals surface area contributed by atoms with Crippen molar-refractivity contribution in [1.82, 2.24) is 24.6 Å². The summed E-state index contributed by atoms with van der Waals surface area (Å²) in [5, 5.41) is 10.8. The second kappa shape index (κ2) is 10.2. The molecule has 8 heteroatoms. The molecule has 0 spiro atoms. The summed E-state index contributed by atoms with van der Waals surface area (Å²) in [7, 11) is 1.65. The first-order chi connectivity index (χ1) is 14.9. The number of amides is 1. The Morgan fingerprint density at radius 2 is 2.06 bits per heavy atom. The summed E-state index contributed by atoms with van der Waals surface area (Å²) in [6, 6.07) is 9.58. The highest BCUT2D eigenvalue weighted by atomic mass is 16.5. The van der Waals surface area contributed by atoms with Gasteiger partial charge in [0.25, 0.3) is 11.5 Å². The number of aromatic nitrogens is 4. The molecule has 0 aliphatic rings. The van der Waals surface area contributed by atoms with Crippen LogP contribution in [0.2, 0.25) is 0 Å². The van der Waals surface area contributed by atoms with Crippen molar-refractivity contribution in [2.45, 2.75) is 46.2 Å². The largest absolute Gasteiger partial charge is 0.385 e. The number of rotatable bonds is 9. The summed E-state index contributed by atoms with van der Waals surface area (Å²) < 4.78 is 8.45. The SMILES string of the molecule is COCCCn1cnnc1CNC(=O)c1c(C)ccn(-c2cccc(C(C)C)c2)c1=O. The minimum Gasteiger partial charge on any atom is -0.385 e. The van der Waals surface area contributed by atoms with Crippen LogP contribution >= 0.6 is 0 Å². The average Bonchev–Trinajstić information content (AvgIpc) is 3.20. The molecule has 0 saturated carbocycles. The molecule has 1 aromatic carbocycles. The molecule has 2 aromatic heterocycles. The van der Waals surface area contributed by atoms with Crippen molar-refractivity contribution in [1.29, 1.82) is 0 Å². The second-order valence-corrected chi connectivity index (χ2v) is 7.77. The van der Waals surface area contributed by atoms with E-state index in [0.29, 0.717) is 30.5 Å². The summed E-state index contributed by atoms with van der Waals surface area (Å²) in [6.45, 7) is 7.47. The molecule has 0 atom stereocenters. The van der Waals surface area contributed by atoms with E-state index in [9.17, 15) is 9.59 Å². The molecule has 3 aromatic rings. The van der Waals surface area contributed by atoms with Gasteiger partial charge < -0.3 is 14.6 Å². The summed E-state index contributed by atoms with van der Waals surface area (Å²) in [4.78, 5) is 26.1. The molecule has 164 valence electrons. The van der Waals surface area contributed by atoms with Crippen LogP contribution in [0, 0.1) is 6.92 Å². The number of hydrogen-bond donors (Lipinski definition) is 1. The Labute approximate surface area is 181 Å². The average molecular weight is 424 g/mol. The fourth-order valence-corrected chi connectivity index (χ4v) is 3.37. The van der Waals surface area contributed by atoms with Crippen LogP contribution in [0.4, 0.5) is 0 Å². The van der Waals surface area contributed by atoms with E-state index in [1.165, 1.54) is 4.57 Å². The van der Waals surface area contributed by atoms with Crippen molar-refractivity contribution < 1.29 is 9.53 Å². The lowest BCUT2D eigenvalue weighted by Crippen LogP contribution is -2.33. The van der Waals surface area contributed by atoms with Crippen molar-refractivity contribution in [2.24, 2.45) is 0 Å². The third-order valence-corrected chi connectivity index (χ3v) is 5.19. The van der Waals surface area contributed by atoms with Crippen molar-refractivity contribution in [3.63, 3.8) is 0 Å². The number of pyridine rings is 1. The molecule has 0 saturated heterocycles. The lowest BCUT2D eigenvalue weighted by Gasteiger charge is -2.13. The molecule has 0 bridgehead atoms. The van der Waals surface area contributed by atoms with Gasteiger partial charge in [0.2, 0.25) is 0 Å². The maximum Gasteiger partial charge on any atom is 0.268 e. The molecule has 0 aliphatic heterocycles. The van der Waals surface area contributed by atoms with E-state index in [-0.39, 0.29) is 17.7 Å². The number of hydrogen-bond acceptors (Lipinski definition) is 5. The quantitative estimate of drug-likeness (QED) is 0.535. The van der Waals surface area contributed by atoms with Gasteiger partial charge in [-0.2, -0.15) is 0 Å². The van der Waals surface area contributed by atoms with Gasteiger partial charge in [0.05, 0.1) is 6.54 Å². The zero-order chi connectivity index (χ0) is 22.4. The van der Waals surface area contributed by atoms with Gasteiger partial charge in [-0.15, -0.1) is 10.2 Å². The molecule has 1 amide bonds. The first-order valence-corrected chi connectivity index (χ1v) is 10.4. The molecule has 31 heavy (non-hydrogen) atoms. The van der Waals surface area contributed by atoms with Crippen LogP contribution in [-0.4, -0.2) is 39.0 Å². The Balaban J connectivity index is 1.81. The Morgan fingerprint density at radius 1 is 1.26 bits per heavy atom. The van der Waals surface area contributed by atoms with Crippen LogP contribution in [-0.2, 0) is 17.8 Å². The molecular formula is C23H29N5O3. The van der Waals surface area contributed by atoms with Gasteiger partial charge in [-0.1, -0.05) is 26.0 Å². The van der Waals surface area contributed by atoms with Crippen molar-refractivity contribution in [3.05, 3.63) is 75.7 Å². The molecule has 0 radical (unpaired) electrons. The fraction of sp³-hybridized carbons (Fsp3) is 0.391. The zero-order valence-corrected chi connectivity index (χ0v) is 18.5. The van der Waals surface area contributed by atoms with E-state index in [0.717, 1.165) is 17.7 Å². The van der Waals surface area contributed by atoms with Gasteiger partial charge in [-0.05, 0) is 48.6 Å². The van der Waals surface area contributed by atoms with Gasteiger partial charge in [-0.3, -0.25) is 14.2 Å². The Bertz CT molecular complexity index is 1100. The fourth-order valence-electron chi connectivity index (χ4n) is 3.37. The van der Waals surface area contributed by atoms with Gasteiger partial charge in [0, 0.05) is 32.1 Å². The van der Waals surface area contributed by atoms with Gasteiger partial charge >= 0.3 is 0 Å². The third kappa shape index (κ3) is 5.27. The number of nitrogens with one attached hydrogen (secondary N) is 1. The topological polar surface area (TPSA) is 91.0 Å². The third-order valence-electron chi connectivity index (χ3n) is 5.19. The van der Waals surface area contributed by atoms with E-state index < -0.39 is 5.91 Å². The molecule has 0 aliphatic carbocycles. The number of carbonyl (C=O) groups is 1. The maximum absolute atomic E-state index is 13.2. The van der Waals surface area contributed by atoms with Crippen molar-refractivity contribution in [2.75, 3.05) is 13.7 Å². The molecule has 2 heterocycles. The molecule has 8 nitrogen and oxygen atoms in total. The van der Waals surface area contributed by atoms with E-state index in [1.807, 2.05) is 28.8 Å². The summed E-state index contributed by atoms with van der Waals surface area (Å²) >= 11 is 0. The highest BCUT2D eigenvalue weighted by Crippen LogP contribution is 2.18. The number of benzene rings is 1. The minimum atomic E-state index is -0.427. The lowest BCUT2D eigenvalue weighted by molar-refractivity contribution is 0.0947. The molecule has 3 rings (SSSR count). The second-order valence-electron chi connectivity index (χ2n) is 7.77. The van der Waals surface area contributed by atoms with E-state index in [1.54, 1.807) is 32.6 Å². The van der Waals surface area contributed by atoms with Crippen LogP contribution in [0.15, 0.2) is 47.7 Å². The number of ether oxygens (including phenoxy) is 1. The number of nitrogens with zero attached hydrogens (tertiary/aromatic N) is 4. The minimum absolute atomic E-state index is 0.128. The summed E-state index contributed by atoms with van der Waals surface area (Å²) in [5.74, 6) is 0.538. The molecule has 1 N–H and O–H groups in total. The normalized spacial score (nSPS) is 11.1. The van der Waals surface area contributed by atoms with Crippen LogP contribution < -0.4 is 10.9 Å². The maximum atomic E-state index is 13.2. The Kier molecular flexibility index (Phi) is 7.36. The summed E-state index contributed by atoms with van der Waals surface area (Å²) in [5.41, 5.74) is 2.27. The predicted octanol–water partition coefficient (Wildman–Crippen LogP) is 2.83. The molecule has 0 unspecified atom stereocenters. The first-order valence-electron chi connectivity index (χ1n) is 10.4. The zero-order valence-electron chi connectivity index (χ0n) is 18.5. The van der Waals surface area contributed by atoms with Crippen LogP contribution in [0.3, 0.4) is 0 Å².